The minimum Gasteiger partial charge on any atom is -0.329 e. The Labute approximate surface area is 106 Å². The SMILES string of the molecule is Cc1ccccc1C(CN)N(C)CCC(C)C. The summed E-state index contributed by atoms with van der Waals surface area (Å²) in [5, 5.41) is 0. The Bertz CT molecular complexity index is 333. The first-order chi connectivity index (χ1) is 8.06. The fraction of sp³-hybridized carbons (Fsp3) is 0.600. The van der Waals surface area contributed by atoms with Crippen molar-refractivity contribution in [2.45, 2.75) is 33.2 Å². The Morgan fingerprint density at radius 1 is 1.24 bits per heavy atom. The molecule has 0 aromatic heterocycles. The van der Waals surface area contributed by atoms with Crippen LogP contribution in [0.3, 0.4) is 0 Å². The molecule has 17 heavy (non-hydrogen) atoms. The minimum atomic E-state index is 0.343. The number of likely N-dealkylation sites (N-methyl/N-ethyl adjacent to an activating group) is 1. The van der Waals surface area contributed by atoms with Crippen LogP contribution in [0, 0.1) is 12.8 Å². The van der Waals surface area contributed by atoms with Gasteiger partial charge in [-0.3, -0.25) is 4.90 Å². The van der Waals surface area contributed by atoms with E-state index in [0.29, 0.717) is 12.6 Å². The van der Waals surface area contributed by atoms with Gasteiger partial charge in [0, 0.05) is 12.6 Å². The van der Waals surface area contributed by atoms with E-state index in [-0.39, 0.29) is 0 Å². The van der Waals surface area contributed by atoms with Crippen LogP contribution < -0.4 is 5.73 Å². The van der Waals surface area contributed by atoms with Gasteiger partial charge in [0.2, 0.25) is 0 Å². The van der Waals surface area contributed by atoms with Crippen molar-refractivity contribution in [3.63, 3.8) is 0 Å². The molecular weight excluding hydrogens is 208 g/mol. The van der Waals surface area contributed by atoms with Gasteiger partial charge < -0.3 is 5.73 Å². The molecule has 0 amide bonds. The normalized spacial score (nSPS) is 13.4. The molecule has 0 saturated heterocycles. The summed E-state index contributed by atoms with van der Waals surface area (Å²) >= 11 is 0. The number of benzene rings is 1. The van der Waals surface area contributed by atoms with Crippen LogP contribution in [0.5, 0.6) is 0 Å². The van der Waals surface area contributed by atoms with Crippen LogP contribution in [0.2, 0.25) is 0 Å². The lowest BCUT2D eigenvalue weighted by Crippen LogP contribution is -2.32. The molecule has 2 N–H and O–H groups in total. The summed E-state index contributed by atoms with van der Waals surface area (Å²) < 4.78 is 0. The third kappa shape index (κ3) is 4.14. The van der Waals surface area contributed by atoms with Crippen LogP contribution in [0.4, 0.5) is 0 Å². The molecule has 2 heteroatoms. The van der Waals surface area contributed by atoms with Gasteiger partial charge >= 0.3 is 0 Å². The lowest BCUT2D eigenvalue weighted by atomic mass is 9.99. The van der Waals surface area contributed by atoms with Gasteiger partial charge in [-0.1, -0.05) is 38.1 Å². The first kappa shape index (κ1) is 14.2. The number of aryl methyl sites for hydroxylation is 1. The molecule has 0 aliphatic rings. The van der Waals surface area contributed by atoms with E-state index >= 15 is 0 Å². The van der Waals surface area contributed by atoms with Gasteiger partial charge in [-0.05, 0) is 44.0 Å². The Morgan fingerprint density at radius 3 is 2.41 bits per heavy atom. The number of nitrogens with two attached hydrogens (primary N) is 1. The second-order valence-electron chi connectivity index (χ2n) is 5.27. The van der Waals surface area contributed by atoms with Crippen molar-refractivity contribution in [3.05, 3.63) is 35.4 Å². The van der Waals surface area contributed by atoms with Crippen LogP contribution in [0.25, 0.3) is 0 Å². The van der Waals surface area contributed by atoms with Crippen molar-refractivity contribution < 1.29 is 0 Å². The third-order valence-electron chi connectivity index (χ3n) is 3.36. The van der Waals surface area contributed by atoms with Crippen molar-refractivity contribution in [2.75, 3.05) is 20.1 Å². The predicted molar refractivity (Wildman–Crippen MR) is 75.1 cm³/mol. The maximum absolute atomic E-state index is 5.94. The second-order valence-corrected chi connectivity index (χ2v) is 5.27. The smallest absolute Gasteiger partial charge is 0.0470 e. The Morgan fingerprint density at radius 2 is 1.88 bits per heavy atom. The molecule has 0 aliphatic heterocycles. The molecule has 1 unspecified atom stereocenters. The highest BCUT2D eigenvalue weighted by Gasteiger charge is 2.16. The van der Waals surface area contributed by atoms with Gasteiger partial charge in [-0.25, -0.2) is 0 Å². The van der Waals surface area contributed by atoms with Gasteiger partial charge in [-0.2, -0.15) is 0 Å². The van der Waals surface area contributed by atoms with Gasteiger partial charge in [0.25, 0.3) is 0 Å². The lowest BCUT2D eigenvalue weighted by Gasteiger charge is -2.29. The van der Waals surface area contributed by atoms with E-state index in [0.717, 1.165) is 12.5 Å². The van der Waals surface area contributed by atoms with Crippen molar-refractivity contribution in [2.24, 2.45) is 11.7 Å². The summed E-state index contributed by atoms with van der Waals surface area (Å²) in [5.74, 6) is 0.743. The Hall–Kier alpha value is -0.860. The van der Waals surface area contributed by atoms with Crippen molar-refractivity contribution in [3.8, 4) is 0 Å². The average molecular weight is 234 g/mol. The molecule has 0 radical (unpaired) electrons. The molecule has 0 fully saturated rings. The molecule has 2 nitrogen and oxygen atoms in total. The highest BCUT2D eigenvalue weighted by Crippen LogP contribution is 2.22. The zero-order chi connectivity index (χ0) is 12.8. The van der Waals surface area contributed by atoms with Crippen LogP contribution >= 0.6 is 0 Å². The summed E-state index contributed by atoms with van der Waals surface area (Å²) in [7, 11) is 2.17. The molecule has 1 aromatic carbocycles. The molecule has 1 rings (SSSR count). The first-order valence-corrected chi connectivity index (χ1v) is 6.52. The van der Waals surface area contributed by atoms with E-state index in [4.69, 9.17) is 5.73 Å². The highest BCUT2D eigenvalue weighted by molar-refractivity contribution is 5.29. The zero-order valence-corrected chi connectivity index (χ0v) is 11.6. The number of nitrogens with zero attached hydrogens (tertiary/aromatic N) is 1. The van der Waals surface area contributed by atoms with E-state index in [1.54, 1.807) is 0 Å². The Kier molecular flexibility index (Phi) is 5.66. The standard InChI is InChI=1S/C15H26N2/c1-12(2)9-10-17(4)15(11-16)14-8-6-5-7-13(14)3/h5-8,12,15H,9-11,16H2,1-4H3. The van der Waals surface area contributed by atoms with Crippen molar-refractivity contribution >= 4 is 0 Å². The fourth-order valence-electron chi connectivity index (χ4n) is 2.12. The Balaban J connectivity index is 2.74. The largest absolute Gasteiger partial charge is 0.329 e. The molecule has 0 heterocycles. The van der Waals surface area contributed by atoms with Gasteiger partial charge in [0.1, 0.15) is 0 Å². The van der Waals surface area contributed by atoms with Gasteiger partial charge in [-0.15, -0.1) is 0 Å². The zero-order valence-electron chi connectivity index (χ0n) is 11.6. The van der Waals surface area contributed by atoms with Crippen LogP contribution in [-0.2, 0) is 0 Å². The van der Waals surface area contributed by atoms with Crippen LogP contribution in [0.1, 0.15) is 37.4 Å². The second kappa shape index (κ2) is 6.77. The van der Waals surface area contributed by atoms with Crippen molar-refractivity contribution in [1.29, 1.82) is 0 Å². The molecule has 0 aliphatic carbocycles. The lowest BCUT2D eigenvalue weighted by molar-refractivity contribution is 0.235. The minimum absolute atomic E-state index is 0.343. The van der Waals surface area contributed by atoms with E-state index < -0.39 is 0 Å². The maximum atomic E-state index is 5.94. The van der Waals surface area contributed by atoms with Gasteiger partial charge in [0.15, 0.2) is 0 Å². The summed E-state index contributed by atoms with van der Waals surface area (Å²) in [5.41, 5.74) is 8.63. The van der Waals surface area contributed by atoms with E-state index in [2.05, 4.69) is 57.0 Å². The molecule has 1 atom stereocenters. The summed E-state index contributed by atoms with van der Waals surface area (Å²) in [6, 6.07) is 8.88. The summed E-state index contributed by atoms with van der Waals surface area (Å²) in [6.45, 7) is 8.47. The highest BCUT2D eigenvalue weighted by atomic mass is 15.1. The average Bonchev–Trinajstić information content (AvgIpc) is 2.30. The van der Waals surface area contributed by atoms with E-state index in [1.165, 1.54) is 17.5 Å². The third-order valence-corrected chi connectivity index (χ3v) is 3.36. The summed E-state index contributed by atoms with van der Waals surface area (Å²) in [4.78, 5) is 2.38. The van der Waals surface area contributed by atoms with Gasteiger partial charge in [0.05, 0.1) is 0 Å². The maximum Gasteiger partial charge on any atom is 0.0470 e. The molecule has 1 aromatic rings. The molecule has 96 valence electrons. The fourth-order valence-corrected chi connectivity index (χ4v) is 2.12. The number of rotatable bonds is 6. The van der Waals surface area contributed by atoms with Crippen molar-refractivity contribution in [1.82, 2.24) is 4.90 Å². The van der Waals surface area contributed by atoms with Crippen LogP contribution in [0.15, 0.2) is 24.3 Å². The van der Waals surface area contributed by atoms with Crippen LogP contribution in [-0.4, -0.2) is 25.0 Å². The number of hydrogen-bond acceptors (Lipinski definition) is 2. The summed E-state index contributed by atoms with van der Waals surface area (Å²) in [6.07, 6.45) is 1.22. The monoisotopic (exact) mass is 234 g/mol. The predicted octanol–water partition coefficient (Wildman–Crippen LogP) is 2.97. The van der Waals surface area contributed by atoms with E-state index in [1.807, 2.05) is 0 Å². The molecule has 0 bridgehead atoms. The first-order valence-electron chi connectivity index (χ1n) is 6.52. The quantitative estimate of drug-likeness (QED) is 0.820. The molecular formula is C15H26N2. The molecule has 0 saturated carbocycles. The molecule has 0 spiro atoms. The topological polar surface area (TPSA) is 29.3 Å². The number of hydrogen-bond donors (Lipinski definition) is 1. The van der Waals surface area contributed by atoms with E-state index in [9.17, 15) is 0 Å².